The lowest BCUT2D eigenvalue weighted by atomic mass is 10.2. The number of urea groups is 1. The lowest BCUT2D eigenvalue weighted by Crippen LogP contribution is -2.50. The second-order valence-electron chi connectivity index (χ2n) is 6.24. The van der Waals surface area contributed by atoms with Gasteiger partial charge in [-0.15, -0.1) is 0 Å². The van der Waals surface area contributed by atoms with Crippen molar-refractivity contribution in [2.75, 3.05) is 31.1 Å². The second kappa shape index (κ2) is 7.66. The van der Waals surface area contributed by atoms with E-state index >= 15 is 0 Å². The highest BCUT2D eigenvalue weighted by Gasteiger charge is 2.38. The predicted molar refractivity (Wildman–Crippen MR) is 92.0 cm³/mol. The van der Waals surface area contributed by atoms with E-state index in [0.29, 0.717) is 26.1 Å². The summed E-state index contributed by atoms with van der Waals surface area (Å²) in [6, 6.07) is 9.05. The third-order valence-corrected chi connectivity index (χ3v) is 4.73. The number of carbonyl (C=O) groups is 2. The molecule has 0 aliphatic carbocycles. The number of amides is 3. The maximum absolute atomic E-state index is 12.8. The fourth-order valence-corrected chi connectivity index (χ4v) is 3.43. The number of nitrogens with one attached hydrogen (secondary N) is 1. The minimum absolute atomic E-state index is 0.00434. The van der Waals surface area contributed by atoms with Crippen LogP contribution in [0.1, 0.15) is 26.2 Å². The molecule has 0 unspecified atom stereocenters. The normalized spacial score (nSPS) is 23.5. The molecule has 1 aromatic rings. The minimum Gasteiger partial charge on any atom is -0.376 e. The molecule has 6 heteroatoms. The molecular weight excluding hydrogens is 306 g/mol. The van der Waals surface area contributed by atoms with E-state index in [9.17, 15) is 9.59 Å². The molecule has 1 N–H and O–H groups in total. The lowest BCUT2D eigenvalue weighted by molar-refractivity contribution is -0.120. The first-order valence-electron chi connectivity index (χ1n) is 8.73. The molecule has 3 amide bonds. The lowest BCUT2D eigenvalue weighted by Gasteiger charge is -2.27. The van der Waals surface area contributed by atoms with Crippen molar-refractivity contribution in [2.24, 2.45) is 0 Å². The van der Waals surface area contributed by atoms with E-state index in [1.165, 1.54) is 0 Å². The van der Waals surface area contributed by atoms with Crippen molar-refractivity contribution in [3.05, 3.63) is 30.3 Å². The number of anilines is 1. The van der Waals surface area contributed by atoms with Crippen LogP contribution in [-0.2, 0) is 9.53 Å². The van der Waals surface area contributed by atoms with Crippen LogP contribution in [-0.4, -0.2) is 55.2 Å². The van der Waals surface area contributed by atoms with Crippen molar-refractivity contribution < 1.29 is 14.3 Å². The van der Waals surface area contributed by atoms with Gasteiger partial charge in [0.05, 0.1) is 6.10 Å². The first-order valence-corrected chi connectivity index (χ1v) is 8.73. The largest absolute Gasteiger partial charge is 0.376 e. The number of para-hydroxylation sites is 1. The fraction of sp³-hybridized carbons (Fsp3) is 0.556. The summed E-state index contributed by atoms with van der Waals surface area (Å²) in [6.07, 6.45) is 2.80. The molecule has 2 fully saturated rings. The summed E-state index contributed by atoms with van der Waals surface area (Å²) in [5.41, 5.74) is 0.890. The topological polar surface area (TPSA) is 61.9 Å². The quantitative estimate of drug-likeness (QED) is 0.898. The van der Waals surface area contributed by atoms with Crippen LogP contribution in [0.3, 0.4) is 0 Å². The highest BCUT2D eigenvalue weighted by atomic mass is 16.5. The van der Waals surface area contributed by atoms with Crippen LogP contribution in [0, 0.1) is 0 Å². The maximum Gasteiger partial charge on any atom is 0.318 e. The van der Waals surface area contributed by atoms with Gasteiger partial charge in [-0.2, -0.15) is 0 Å². The zero-order valence-electron chi connectivity index (χ0n) is 14.1. The molecular formula is C18H25N3O3. The smallest absolute Gasteiger partial charge is 0.318 e. The van der Waals surface area contributed by atoms with Crippen molar-refractivity contribution in [2.45, 2.75) is 38.3 Å². The summed E-state index contributed by atoms with van der Waals surface area (Å²) in [7, 11) is 0. The Morgan fingerprint density at radius 3 is 2.79 bits per heavy atom. The molecule has 6 nitrogen and oxygen atoms in total. The summed E-state index contributed by atoms with van der Waals surface area (Å²) in [6.45, 7) is 4.34. The Morgan fingerprint density at radius 2 is 2.12 bits per heavy atom. The molecule has 2 aliphatic heterocycles. The molecule has 0 bridgehead atoms. The van der Waals surface area contributed by atoms with Crippen LogP contribution in [0.4, 0.5) is 10.5 Å². The van der Waals surface area contributed by atoms with Gasteiger partial charge in [-0.3, -0.25) is 4.79 Å². The summed E-state index contributed by atoms with van der Waals surface area (Å²) in [5.74, 6) is -0.00434. The SMILES string of the molecule is CCN(C(=O)NC[C@@H]1CCCO1)[C@@H]1CCN(c2ccccc2)C1=O. The Hall–Kier alpha value is -2.08. The average molecular weight is 331 g/mol. The van der Waals surface area contributed by atoms with Gasteiger partial charge in [0.15, 0.2) is 0 Å². The van der Waals surface area contributed by atoms with Crippen molar-refractivity contribution in [1.82, 2.24) is 10.2 Å². The Bertz CT molecular complexity index is 572. The van der Waals surface area contributed by atoms with E-state index in [4.69, 9.17) is 4.74 Å². The third kappa shape index (κ3) is 3.53. The summed E-state index contributed by atoms with van der Waals surface area (Å²) in [4.78, 5) is 28.6. The van der Waals surface area contributed by atoms with E-state index in [1.54, 1.807) is 9.80 Å². The average Bonchev–Trinajstić information content (AvgIpc) is 3.25. The second-order valence-corrected chi connectivity index (χ2v) is 6.24. The number of ether oxygens (including phenoxy) is 1. The van der Waals surface area contributed by atoms with Crippen LogP contribution in [0.25, 0.3) is 0 Å². The third-order valence-electron chi connectivity index (χ3n) is 4.73. The van der Waals surface area contributed by atoms with Crippen molar-refractivity contribution in [1.29, 1.82) is 0 Å². The highest BCUT2D eigenvalue weighted by Crippen LogP contribution is 2.24. The van der Waals surface area contributed by atoms with Crippen molar-refractivity contribution in [3.8, 4) is 0 Å². The van der Waals surface area contributed by atoms with E-state index in [-0.39, 0.29) is 24.1 Å². The minimum atomic E-state index is -0.389. The van der Waals surface area contributed by atoms with E-state index < -0.39 is 0 Å². The van der Waals surface area contributed by atoms with Gasteiger partial charge in [0.1, 0.15) is 6.04 Å². The van der Waals surface area contributed by atoms with Gasteiger partial charge in [0, 0.05) is 31.9 Å². The molecule has 2 aliphatic rings. The van der Waals surface area contributed by atoms with E-state index in [1.807, 2.05) is 37.3 Å². The molecule has 0 radical (unpaired) electrons. The number of hydrogen-bond acceptors (Lipinski definition) is 3. The van der Waals surface area contributed by atoms with Crippen LogP contribution < -0.4 is 10.2 Å². The summed E-state index contributed by atoms with van der Waals surface area (Å²) < 4.78 is 5.53. The maximum atomic E-state index is 12.8. The van der Waals surface area contributed by atoms with Crippen LogP contribution in [0.5, 0.6) is 0 Å². The zero-order valence-corrected chi connectivity index (χ0v) is 14.1. The molecule has 2 saturated heterocycles. The summed E-state index contributed by atoms with van der Waals surface area (Å²) >= 11 is 0. The molecule has 0 spiro atoms. The first kappa shape index (κ1) is 16.8. The number of benzene rings is 1. The number of hydrogen-bond donors (Lipinski definition) is 1. The number of carbonyl (C=O) groups excluding carboxylic acids is 2. The molecule has 24 heavy (non-hydrogen) atoms. The van der Waals surface area contributed by atoms with E-state index in [0.717, 1.165) is 25.1 Å². The molecule has 3 rings (SSSR count). The van der Waals surface area contributed by atoms with Gasteiger partial charge in [-0.1, -0.05) is 18.2 Å². The molecule has 2 heterocycles. The van der Waals surface area contributed by atoms with Gasteiger partial charge in [0.25, 0.3) is 0 Å². The number of likely N-dealkylation sites (N-methyl/N-ethyl adjacent to an activating group) is 1. The molecule has 1 aromatic carbocycles. The Balaban J connectivity index is 1.60. The van der Waals surface area contributed by atoms with Crippen molar-refractivity contribution >= 4 is 17.6 Å². The van der Waals surface area contributed by atoms with Crippen LogP contribution >= 0.6 is 0 Å². The van der Waals surface area contributed by atoms with Crippen molar-refractivity contribution in [3.63, 3.8) is 0 Å². The fourth-order valence-electron chi connectivity index (χ4n) is 3.43. The van der Waals surface area contributed by atoms with Gasteiger partial charge >= 0.3 is 6.03 Å². The molecule has 0 aromatic heterocycles. The Morgan fingerprint density at radius 1 is 1.33 bits per heavy atom. The predicted octanol–water partition coefficient (Wildman–Crippen LogP) is 2.00. The van der Waals surface area contributed by atoms with Gasteiger partial charge in [-0.05, 0) is 38.3 Å². The van der Waals surface area contributed by atoms with Gasteiger partial charge < -0.3 is 19.9 Å². The number of rotatable bonds is 5. The Labute approximate surface area is 142 Å². The monoisotopic (exact) mass is 331 g/mol. The molecule has 2 atom stereocenters. The first-order chi connectivity index (χ1) is 11.7. The van der Waals surface area contributed by atoms with Gasteiger partial charge in [-0.25, -0.2) is 4.79 Å². The number of nitrogens with zero attached hydrogens (tertiary/aromatic N) is 2. The summed E-state index contributed by atoms with van der Waals surface area (Å²) in [5, 5.41) is 2.92. The standard InChI is InChI=1S/C18H25N3O3/c1-2-20(18(23)19-13-15-9-6-12-24-15)16-10-11-21(17(16)22)14-7-4-3-5-8-14/h3-5,7-8,15-16H,2,6,9-13H2,1H3,(H,19,23)/t15-,16+/m0/s1. The highest BCUT2D eigenvalue weighted by molar-refractivity contribution is 6.01. The zero-order chi connectivity index (χ0) is 16.9. The molecule has 0 saturated carbocycles. The van der Waals surface area contributed by atoms with Crippen LogP contribution in [0.2, 0.25) is 0 Å². The Kier molecular flexibility index (Phi) is 5.35. The van der Waals surface area contributed by atoms with Crippen LogP contribution in [0.15, 0.2) is 30.3 Å². The van der Waals surface area contributed by atoms with Gasteiger partial charge in [0.2, 0.25) is 5.91 Å². The molecule has 130 valence electrons. The van der Waals surface area contributed by atoms with E-state index in [2.05, 4.69) is 5.32 Å².